The molecule has 0 saturated carbocycles. The highest BCUT2D eigenvalue weighted by Crippen LogP contribution is 2.29. The number of likely N-dealkylation sites (N-methyl/N-ethyl adjacent to an activating group) is 1. The van der Waals surface area contributed by atoms with Crippen molar-refractivity contribution in [1.29, 1.82) is 0 Å². The summed E-state index contributed by atoms with van der Waals surface area (Å²) in [5, 5.41) is 4.27. The van der Waals surface area contributed by atoms with Gasteiger partial charge in [0.25, 0.3) is 0 Å². The second-order valence-electron chi connectivity index (χ2n) is 5.92. The molecule has 0 radical (unpaired) electrons. The van der Waals surface area contributed by atoms with Crippen LogP contribution < -0.4 is 10.2 Å². The van der Waals surface area contributed by atoms with Crippen LogP contribution >= 0.6 is 11.6 Å². The van der Waals surface area contributed by atoms with Crippen LogP contribution in [0.2, 0.25) is 5.02 Å². The molecule has 0 aliphatic carbocycles. The van der Waals surface area contributed by atoms with E-state index >= 15 is 0 Å². The molecule has 1 saturated heterocycles. The van der Waals surface area contributed by atoms with Crippen molar-refractivity contribution < 1.29 is 0 Å². The van der Waals surface area contributed by atoms with Crippen molar-refractivity contribution >= 4 is 17.3 Å². The third kappa shape index (κ3) is 4.35. The van der Waals surface area contributed by atoms with E-state index in [1.165, 1.54) is 24.2 Å². The average Bonchev–Trinajstić information content (AvgIpc) is 2.67. The van der Waals surface area contributed by atoms with E-state index in [2.05, 4.69) is 48.1 Å². The van der Waals surface area contributed by atoms with Gasteiger partial charge in [-0.3, -0.25) is 0 Å². The molecule has 1 aliphatic heterocycles. The lowest BCUT2D eigenvalue weighted by Crippen LogP contribution is -2.40. The zero-order valence-corrected chi connectivity index (χ0v) is 14.3. The Bertz CT molecular complexity index is 450. The summed E-state index contributed by atoms with van der Waals surface area (Å²) in [6, 6.07) is 6.88. The molecule has 0 aromatic heterocycles. The number of hydrogen-bond acceptors (Lipinski definition) is 3. The van der Waals surface area contributed by atoms with Gasteiger partial charge in [0.15, 0.2) is 0 Å². The van der Waals surface area contributed by atoms with Gasteiger partial charge in [0.2, 0.25) is 0 Å². The molecule has 1 aromatic rings. The topological polar surface area (TPSA) is 18.5 Å². The third-order valence-electron chi connectivity index (χ3n) is 4.30. The average molecular weight is 310 g/mol. The molecule has 0 amide bonds. The lowest BCUT2D eigenvalue weighted by Gasteiger charge is -2.34. The molecule has 4 heteroatoms. The van der Waals surface area contributed by atoms with Crippen molar-refractivity contribution in [2.24, 2.45) is 0 Å². The second kappa shape index (κ2) is 8.02. The van der Waals surface area contributed by atoms with E-state index in [0.717, 1.165) is 37.6 Å². The molecule has 1 unspecified atom stereocenters. The van der Waals surface area contributed by atoms with Gasteiger partial charge in [-0.2, -0.15) is 0 Å². The van der Waals surface area contributed by atoms with E-state index in [4.69, 9.17) is 11.6 Å². The SMILES string of the molecule is CCNCc1ccc(Cl)cc1N1CCCN(C)CC1CC. The number of hydrogen-bond donors (Lipinski definition) is 1. The Morgan fingerprint density at radius 2 is 2.10 bits per heavy atom. The molecule has 0 spiro atoms. The molecule has 118 valence electrons. The number of halogens is 1. The minimum atomic E-state index is 0.566. The van der Waals surface area contributed by atoms with Gasteiger partial charge in [-0.25, -0.2) is 0 Å². The smallest absolute Gasteiger partial charge is 0.0429 e. The van der Waals surface area contributed by atoms with Crippen LogP contribution in [0, 0.1) is 0 Å². The Hall–Kier alpha value is -0.770. The van der Waals surface area contributed by atoms with Crippen molar-refractivity contribution in [1.82, 2.24) is 10.2 Å². The molecule has 1 atom stereocenters. The number of nitrogens with one attached hydrogen (secondary N) is 1. The van der Waals surface area contributed by atoms with Gasteiger partial charge in [-0.15, -0.1) is 0 Å². The first-order valence-electron chi connectivity index (χ1n) is 8.10. The summed E-state index contributed by atoms with van der Waals surface area (Å²) < 4.78 is 0. The zero-order valence-electron chi connectivity index (χ0n) is 13.5. The Balaban J connectivity index is 2.30. The van der Waals surface area contributed by atoms with Gasteiger partial charge >= 0.3 is 0 Å². The Labute approximate surface area is 134 Å². The predicted molar refractivity (Wildman–Crippen MR) is 92.4 cm³/mol. The van der Waals surface area contributed by atoms with E-state index in [1.54, 1.807) is 0 Å². The van der Waals surface area contributed by atoms with Crippen molar-refractivity contribution in [2.75, 3.05) is 38.1 Å². The minimum Gasteiger partial charge on any atom is -0.367 e. The van der Waals surface area contributed by atoms with Crippen LogP contribution in [-0.4, -0.2) is 44.2 Å². The summed E-state index contributed by atoms with van der Waals surface area (Å²) in [6.07, 6.45) is 2.37. The summed E-state index contributed by atoms with van der Waals surface area (Å²) >= 11 is 6.27. The standard InChI is InChI=1S/C17H28ClN3/c1-4-16-13-20(3)9-6-10-21(16)17-11-15(18)8-7-14(17)12-19-5-2/h7-8,11,16,19H,4-6,9-10,12-13H2,1-3H3. The Morgan fingerprint density at radius 3 is 2.81 bits per heavy atom. The fourth-order valence-electron chi connectivity index (χ4n) is 3.12. The monoisotopic (exact) mass is 309 g/mol. The van der Waals surface area contributed by atoms with Crippen LogP contribution in [0.15, 0.2) is 18.2 Å². The van der Waals surface area contributed by atoms with Gasteiger partial charge in [0, 0.05) is 36.4 Å². The minimum absolute atomic E-state index is 0.566. The van der Waals surface area contributed by atoms with Crippen LogP contribution in [0.3, 0.4) is 0 Å². The number of nitrogens with zero attached hydrogens (tertiary/aromatic N) is 2. The lowest BCUT2D eigenvalue weighted by molar-refractivity contribution is 0.328. The van der Waals surface area contributed by atoms with Crippen LogP contribution in [0.1, 0.15) is 32.3 Å². The molecule has 1 aromatic carbocycles. The highest BCUT2D eigenvalue weighted by atomic mass is 35.5. The second-order valence-corrected chi connectivity index (χ2v) is 6.36. The number of benzene rings is 1. The van der Waals surface area contributed by atoms with Crippen molar-refractivity contribution in [3.05, 3.63) is 28.8 Å². The van der Waals surface area contributed by atoms with E-state index < -0.39 is 0 Å². The number of rotatable bonds is 5. The third-order valence-corrected chi connectivity index (χ3v) is 4.53. The van der Waals surface area contributed by atoms with Gasteiger partial charge in [0.1, 0.15) is 0 Å². The summed E-state index contributed by atoms with van der Waals surface area (Å²) in [5.74, 6) is 0. The Morgan fingerprint density at radius 1 is 1.29 bits per heavy atom. The first-order chi connectivity index (χ1) is 10.2. The van der Waals surface area contributed by atoms with E-state index in [-0.39, 0.29) is 0 Å². The molecule has 0 bridgehead atoms. The van der Waals surface area contributed by atoms with Gasteiger partial charge in [0.05, 0.1) is 0 Å². The summed E-state index contributed by atoms with van der Waals surface area (Å²) in [6.45, 7) is 9.74. The Kier molecular flexibility index (Phi) is 6.34. The van der Waals surface area contributed by atoms with Crippen molar-refractivity contribution in [3.8, 4) is 0 Å². The highest BCUT2D eigenvalue weighted by molar-refractivity contribution is 6.30. The summed E-state index contributed by atoms with van der Waals surface area (Å²) in [4.78, 5) is 5.02. The zero-order chi connectivity index (χ0) is 15.2. The maximum atomic E-state index is 6.27. The molecular formula is C17H28ClN3. The van der Waals surface area contributed by atoms with Crippen LogP contribution in [0.25, 0.3) is 0 Å². The first kappa shape index (κ1) is 16.6. The molecule has 1 fully saturated rings. The maximum absolute atomic E-state index is 6.27. The lowest BCUT2D eigenvalue weighted by atomic mass is 10.1. The van der Waals surface area contributed by atoms with E-state index in [9.17, 15) is 0 Å². The maximum Gasteiger partial charge on any atom is 0.0429 e. The fourth-order valence-corrected chi connectivity index (χ4v) is 3.29. The van der Waals surface area contributed by atoms with E-state index in [1.807, 2.05) is 6.07 Å². The molecule has 3 nitrogen and oxygen atoms in total. The molecule has 1 N–H and O–H groups in total. The van der Waals surface area contributed by atoms with E-state index in [0.29, 0.717) is 6.04 Å². The normalized spacial score (nSPS) is 20.6. The van der Waals surface area contributed by atoms with Crippen molar-refractivity contribution in [2.45, 2.75) is 39.3 Å². The van der Waals surface area contributed by atoms with Crippen LogP contribution in [0.4, 0.5) is 5.69 Å². The fraction of sp³-hybridized carbons (Fsp3) is 0.647. The highest BCUT2D eigenvalue weighted by Gasteiger charge is 2.24. The quantitative estimate of drug-likeness (QED) is 0.899. The first-order valence-corrected chi connectivity index (χ1v) is 8.47. The van der Waals surface area contributed by atoms with Crippen molar-refractivity contribution in [3.63, 3.8) is 0 Å². The number of anilines is 1. The molecule has 1 heterocycles. The van der Waals surface area contributed by atoms with Gasteiger partial charge in [-0.05, 0) is 50.7 Å². The largest absolute Gasteiger partial charge is 0.367 e. The summed E-state index contributed by atoms with van der Waals surface area (Å²) in [5.41, 5.74) is 2.66. The van der Waals surface area contributed by atoms with Crippen LogP contribution in [-0.2, 0) is 6.54 Å². The molecule has 1 aliphatic rings. The molecular weight excluding hydrogens is 282 g/mol. The van der Waals surface area contributed by atoms with Gasteiger partial charge < -0.3 is 15.1 Å². The van der Waals surface area contributed by atoms with Gasteiger partial charge in [-0.1, -0.05) is 31.5 Å². The predicted octanol–water partition coefficient (Wildman–Crippen LogP) is 3.37. The summed E-state index contributed by atoms with van der Waals surface area (Å²) in [7, 11) is 2.23. The molecule has 2 rings (SSSR count). The molecule has 21 heavy (non-hydrogen) atoms. The van der Waals surface area contributed by atoms with Crippen LogP contribution in [0.5, 0.6) is 0 Å².